The van der Waals surface area contributed by atoms with Gasteiger partial charge in [-0.1, -0.05) is 18.2 Å². The number of anilines is 1. The maximum absolute atomic E-state index is 13.7. The Kier molecular flexibility index (Phi) is 4.12. The van der Waals surface area contributed by atoms with Gasteiger partial charge in [-0.15, -0.1) is 0 Å². The van der Waals surface area contributed by atoms with Crippen LogP contribution < -0.4 is 5.32 Å². The number of rotatable bonds is 5. The number of para-hydroxylation sites is 1. The Balaban J connectivity index is 1.70. The van der Waals surface area contributed by atoms with Gasteiger partial charge in [0.05, 0.1) is 5.52 Å². The molecule has 3 aromatic rings. The molecule has 1 saturated carbocycles. The first-order chi connectivity index (χ1) is 12.1. The fourth-order valence-corrected chi connectivity index (χ4v) is 3.34. The van der Waals surface area contributed by atoms with Crippen LogP contribution >= 0.6 is 0 Å². The summed E-state index contributed by atoms with van der Waals surface area (Å²) in [5.41, 5.74) is 2.73. The third-order valence-electron chi connectivity index (χ3n) is 4.81. The van der Waals surface area contributed by atoms with Gasteiger partial charge in [0.15, 0.2) is 0 Å². The maximum atomic E-state index is 13.7. The quantitative estimate of drug-likeness (QED) is 0.722. The van der Waals surface area contributed by atoms with E-state index in [1.165, 1.54) is 18.9 Å². The number of hydrogen-bond acceptors (Lipinski definition) is 3. The highest BCUT2D eigenvalue weighted by Gasteiger charge is 2.28. The zero-order valence-corrected chi connectivity index (χ0v) is 14.6. The van der Waals surface area contributed by atoms with E-state index >= 15 is 0 Å². The minimum Gasteiger partial charge on any atom is -0.367 e. The summed E-state index contributed by atoms with van der Waals surface area (Å²) < 4.78 is 13.7. The maximum Gasteiger partial charge on any atom is 0.137 e. The monoisotopic (exact) mass is 335 g/mol. The highest BCUT2D eigenvalue weighted by Crippen LogP contribution is 2.34. The average molecular weight is 335 g/mol. The van der Waals surface area contributed by atoms with E-state index in [4.69, 9.17) is 4.98 Å². The van der Waals surface area contributed by atoms with Crippen molar-refractivity contribution >= 4 is 16.7 Å². The summed E-state index contributed by atoms with van der Waals surface area (Å²) >= 11 is 0. The molecule has 1 aromatic heterocycles. The van der Waals surface area contributed by atoms with Crippen LogP contribution in [0, 0.1) is 18.7 Å². The topological polar surface area (TPSA) is 37.8 Å². The molecular weight excluding hydrogens is 313 g/mol. The summed E-state index contributed by atoms with van der Waals surface area (Å²) in [6.45, 7) is 4.11. The predicted octanol–water partition coefficient (Wildman–Crippen LogP) is 4.88. The van der Waals surface area contributed by atoms with E-state index in [1.54, 1.807) is 6.07 Å². The Labute approximate surface area is 147 Å². The molecule has 1 atom stereocenters. The molecule has 0 radical (unpaired) electrons. The Morgan fingerprint density at radius 1 is 1.16 bits per heavy atom. The van der Waals surface area contributed by atoms with Gasteiger partial charge in [-0.3, -0.25) is 0 Å². The molecule has 0 unspecified atom stereocenters. The third-order valence-corrected chi connectivity index (χ3v) is 4.81. The molecule has 1 aliphatic carbocycles. The number of hydrogen-bond donors (Lipinski definition) is 1. The number of benzene rings is 2. The highest BCUT2D eigenvalue weighted by molar-refractivity contribution is 5.89. The van der Waals surface area contributed by atoms with Crippen molar-refractivity contribution in [3.63, 3.8) is 0 Å². The fourth-order valence-electron chi connectivity index (χ4n) is 3.34. The Hall–Kier alpha value is -2.49. The van der Waals surface area contributed by atoms with Crippen LogP contribution in [0.3, 0.4) is 0 Å². The molecule has 4 rings (SSSR count). The molecule has 3 nitrogen and oxygen atoms in total. The average Bonchev–Trinajstić information content (AvgIpc) is 3.39. The largest absolute Gasteiger partial charge is 0.367 e. The molecule has 0 saturated heterocycles. The van der Waals surface area contributed by atoms with Gasteiger partial charge in [0, 0.05) is 17.8 Å². The van der Waals surface area contributed by atoms with Crippen LogP contribution in [0.4, 0.5) is 10.2 Å². The van der Waals surface area contributed by atoms with E-state index in [0.717, 1.165) is 33.8 Å². The van der Waals surface area contributed by atoms with Crippen molar-refractivity contribution in [3.05, 3.63) is 65.2 Å². The van der Waals surface area contributed by atoms with Crippen LogP contribution in [0.25, 0.3) is 10.9 Å². The molecule has 0 aliphatic heterocycles. The van der Waals surface area contributed by atoms with Crippen molar-refractivity contribution in [1.82, 2.24) is 9.97 Å². The number of halogens is 1. The van der Waals surface area contributed by atoms with Crippen molar-refractivity contribution in [1.29, 1.82) is 0 Å². The summed E-state index contributed by atoms with van der Waals surface area (Å²) in [5.74, 6) is 2.13. The molecule has 4 heteroatoms. The number of nitrogens with one attached hydrogen (secondary N) is 1. The number of fused-ring (bicyclic) bond motifs is 1. The summed E-state index contributed by atoms with van der Waals surface area (Å²) in [7, 11) is 0. The second-order valence-corrected chi connectivity index (χ2v) is 7.09. The zero-order chi connectivity index (χ0) is 17.4. The third kappa shape index (κ3) is 3.63. The van der Waals surface area contributed by atoms with Crippen LogP contribution in [0.5, 0.6) is 0 Å². The smallest absolute Gasteiger partial charge is 0.137 e. The fraction of sp³-hybridized carbons (Fsp3) is 0.333. The second-order valence-electron chi connectivity index (χ2n) is 7.09. The second kappa shape index (κ2) is 6.43. The van der Waals surface area contributed by atoms with Crippen molar-refractivity contribution in [3.8, 4) is 0 Å². The standard InChI is InChI=1S/C21H22FN3/c1-13-9-15(11-17(22)10-13)12-20-24-19-6-4-3-5-18(19)21(25-20)23-14(2)16-7-8-16/h3-6,9-11,14,16H,7-8,12H2,1-2H3,(H,23,24,25)/t14-/m1/s1. The van der Waals surface area contributed by atoms with Gasteiger partial charge in [-0.05, 0) is 68.0 Å². The normalized spacial score (nSPS) is 15.3. The van der Waals surface area contributed by atoms with Crippen LogP contribution in [-0.4, -0.2) is 16.0 Å². The summed E-state index contributed by atoms with van der Waals surface area (Å²) in [4.78, 5) is 9.45. The summed E-state index contributed by atoms with van der Waals surface area (Å²) in [5, 5.41) is 4.61. The van der Waals surface area contributed by atoms with Gasteiger partial charge < -0.3 is 5.32 Å². The molecule has 2 aromatic carbocycles. The Morgan fingerprint density at radius 2 is 1.96 bits per heavy atom. The SMILES string of the molecule is Cc1cc(F)cc(Cc2nc(N[C@H](C)C3CC3)c3ccccc3n2)c1. The van der Waals surface area contributed by atoms with Crippen LogP contribution in [0.2, 0.25) is 0 Å². The molecule has 1 aliphatic rings. The first-order valence-electron chi connectivity index (χ1n) is 8.87. The first kappa shape index (κ1) is 16.0. The van der Waals surface area contributed by atoms with Gasteiger partial charge in [-0.25, -0.2) is 14.4 Å². The van der Waals surface area contributed by atoms with Gasteiger partial charge >= 0.3 is 0 Å². The Morgan fingerprint density at radius 3 is 2.72 bits per heavy atom. The van der Waals surface area contributed by atoms with Crippen LogP contribution in [0.15, 0.2) is 42.5 Å². The number of aromatic nitrogens is 2. The summed E-state index contributed by atoms with van der Waals surface area (Å²) in [6.07, 6.45) is 3.09. The van der Waals surface area contributed by atoms with Crippen LogP contribution in [-0.2, 0) is 6.42 Å². The van der Waals surface area contributed by atoms with Gasteiger partial charge in [0.25, 0.3) is 0 Å². The predicted molar refractivity (Wildman–Crippen MR) is 99.3 cm³/mol. The number of aryl methyl sites for hydroxylation is 1. The van der Waals surface area contributed by atoms with Crippen molar-refractivity contribution in [2.75, 3.05) is 5.32 Å². The minimum absolute atomic E-state index is 0.212. The van der Waals surface area contributed by atoms with E-state index < -0.39 is 0 Å². The summed E-state index contributed by atoms with van der Waals surface area (Å²) in [6, 6.07) is 13.5. The van der Waals surface area contributed by atoms with Crippen LogP contribution in [0.1, 0.15) is 36.7 Å². The molecule has 1 N–H and O–H groups in total. The highest BCUT2D eigenvalue weighted by atomic mass is 19.1. The molecule has 1 fully saturated rings. The zero-order valence-electron chi connectivity index (χ0n) is 14.6. The van der Waals surface area contributed by atoms with E-state index in [1.807, 2.05) is 37.3 Å². The lowest BCUT2D eigenvalue weighted by Crippen LogP contribution is -2.19. The molecule has 0 amide bonds. The van der Waals surface area contributed by atoms with Gasteiger partial charge in [-0.2, -0.15) is 0 Å². The molecule has 128 valence electrons. The van der Waals surface area contributed by atoms with E-state index in [-0.39, 0.29) is 5.82 Å². The van der Waals surface area contributed by atoms with E-state index in [0.29, 0.717) is 18.3 Å². The molecule has 25 heavy (non-hydrogen) atoms. The van der Waals surface area contributed by atoms with E-state index in [2.05, 4.69) is 17.2 Å². The first-order valence-corrected chi connectivity index (χ1v) is 8.87. The lowest BCUT2D eigenvalue weighted by Gasteiger charge is -2.16. The van der Waals surface area contributed by atoms with Gasteiger partial charge in [0.2, 0.25) is 0 Å². The minimum atomic E-state index is -0.212. The molecule has 0 spiro atoms. The van der Waals surface area contributed by atoms with Crippen molar-refractivity contribution < 1.29 is 4.39 Å². The van der Waals surface area contributed by atoms with E-state index in [9.17, 15) is 4.39 Å². The molecule has 1 heterocycles. The van der Waals surface area contributed by atoms with Crippen molar-refractivity contribution in [2.24, 2.45) is 5.92 Å². The Bertz CT molecular complexity index is 898. The van der Waals surface area contributed by atoms with Gasteiger partial charge in [0.1, 0.15) is 17.5 Å². The lowest BCUT2D eigenvalue weighted by atomic mass is 10.1. The molecular formula is C21H22FN3. The lowest BCUT2D eigenvalue weighted by molar-refractivity contribution is 0.624. The molecule has 0 bridgehead atoms. The van der Waals surface area contributed by atoms with Crippen molar-refractivity contribution in [2.45, 2.75) is 39.2 Å². The number of nitrogens with zero attached hydrogens (tertiary/aromatic N) is 2.